The number of rotatable bonds is 6. The van der Waals surface area contributed by atoms with Crippen molar-refractivity contribution in [2.75, 3.05) is 19.6 Å². The van der Waals surface area contributed by atoms with Crippen molar-refractivity contribution in [2.24, 2.45) is 5.73 Å². The first-order valence-corrected chi connectivity index (χ1v) is 4.26. The van der Waals surface area contributed by atoms with Crippen LogP contribution in [0.3, 0.4) is 0 Å². The Morgan fingerprint density at radius 1 is 1.45 bits per heavy atom. The molecule has 66 valence electrons. The Balaban J connectivity index is 3.49. The van der Waals surface area contributed by atoms with E-state index in [-0.39, 0.29) is 5.84 Å². The van der Waals surface area contributed by atoms with E-state index in [1.807, 2.05) is 0 Å². The van der Waals surface area contributed by atoms with E-state index in [9.17, 15) is 0 Å². The van der Waals surface area contributed by atoms with Crippen molar-refractivity contribution in [3.63, 3.8) is 0 Å². The minimum absolute atomic E-state index is 0.267. The SMILES string of the molecule is CCCCN(CC)CC(=N)N. The summed E-state index contributed by atoms with van der Waals surface area (Å²) in [6, 6.07) is 0. The number of hydrogen-bond donors (Lipinski definition) is 2. The lowest BCUT2D eigenvalue weighted by atomic mass is 10.3. The van der Waals surface area contributed by atoms with Crippen LogP contribution >= 0.6 is 0 Å². The summed E-state index contributed by atoms with van der Waals surface area (Å²) in [7, 11) is 0. The lowest BCUT2D eigenvalue weighted by molar-refractivity contribution is 0.321. The molecule has 0 aromatic carbocycles. The molecule has 0 aliphatic rings. The molecule has 0 amide bonds. The third kappa shape index (κ3) is 5.85. The van der Waals surface area contributed by atoms with Gasteiger partial charge < -0.3 is 5.73 Å². The van der Waals surface area contributed by atoms with Gasteiger partial charge in [-0.2, -0.15) is 0 Å². The normalized spacial score (nSPS) is 10.5. The van der Waals surface area contributed by atoms with Gasteiger partial charge in [-0.25, -0.2) is 0 Å². The largest absolute Gasteiger partial charge is 0.387 e. The van der Waals surface area contributed by atoms with Crippen LogP contribution in [-0.4, -0.2) is 30.4 Å². The molecule has 0 aromatic heterocycles. The fraction of sp³-hybridized carbons (Fsp3) is 0.875. The summed E-state index contributed by atoms with van der Waals surface area (Å²) in [5.41, 5.74) is 5.28. The standard InChI is InChI=1S/C8H19N3/c1-3-5-6-11(4-2)7-8(9)10/h3-7H2,1-2H3,(H3,9,10). The number of unbranched alkanes of at least 4 members (excludes halogenated alkanes) is 1. The molecule has 3 heteroatoms. The fourth-order valence-corrected chi connectivity index (χ4v) is 0.972. The maximum Gasteiger partial charge on any atom is 0.105 e. The summed E-state index contributed by atoms with van der Waals surface area (Å²) in [6.07, 6.45) is 2.40. The summed E-state index contributed by atoms with van der Waals surface area (Å²) in [4.78, 5) is 2.19. The van der Waals surface area contributed by atoms with Gasteiger partial charge in [0.15, 0.2) is 0 Å². The summed E-state index contributed by atoms with van der Waals surface area (Å²) in [5, 5.41) is 7.10. The molecule has 0 aliphatic heterocycles. The van der Waals surface area contributed by atoms with E-state index in [1.165, 1.54) is 12.8 Å². The lowest BCUT2D eigenvalue weighted by Crippen LogP contribution is -2.33. The third-order valence-corrected chi connectivity index (χ3v) is 1.67. The van der Waals surface area contributed by atoms with Crippen molar-refractivity contribution < 1.29 is 0 Å². The van der Waals surface area contributed by atoms with Gasteiger partial charge in [-0.15, -0.1) is 0 Å². The molecule has 3 N–H and O–H groups in total. The van der Waals surface area contributed by atoms with Crippen molar-refractivity contribution in [2.45, 2.75) is 26.7 Å². The van der Waals surface area contributed by atoms with E-state index in [0.29, 0.717) is 6.54 Å². The van der Waals surface area contributed by atoms with Crippen molar-refractivity contribution >= 4 is 5.84 Å². The minimum atomic E-state index is 0.267. The van der Waals surface area contributed by atoms with Crippen LogP contribution in [-0.2, 0) is 0 Å². The first-order chi connectivity index (χ1) is 5.20. The quantitative estimate of drug-likeness (QED) is 0.447. The van der Waals surface area contributed by atoms with E-state index in [4.69, 9.17) is 11.1 Å². The molecule has 0 fully saturated rings. The second-order valence-electron chi connectivity index (χ2n) is 2.75. The van der Waals surface area contributed by atoms with Gasteiger partial charge in [0.25, 0.3) is 0 Å². The zero-order chi connectivity index (χ0) is 8.69. The number of hydrogen-bond acceptors (Lipinski definition) is 2. The number of nitrogens with zero attached hydrogens (tertiary/aromatic N) is 1. The Labute approximate surface area is 69.1 Å². The highest BCUT2D eigenvalue weighted by atomic mass is 15.1. The summed E-state index contributed by atoms with van der Waals surface area (Å²) in [6.45, 7) is 6.93. The second-order valence-corrected chi connectivity index (χ2v) is 2.75. The van der Waals surface area contributed by atoms with Crippen molar-refractivity contribution in [3.8, 4) is 0 Å². The van der Waals surface area contributed by atoms with Gasteiger partial charge in [0.2, 0.25) is 0 Å². The maximum absolute atomic E-state index is 7.10. The van der Waals surface area contributed by atoms with E-state index >= 15 is 0 Å². The van der Waals surface area contributed by atoms with Crippen LogP contribution in [0.15, 0.2) is 0 Å². The molecule has 0 spiro atoms. The summed E-state index contributed by atoms with van der Waals surface area (Å²) >= 11 is 0. The van der Waals surface area contributed by atoms with Gasteiger partial charge in [0.1, 0.15) is 5.84 Å². The van der Waals surface area contributed by atoms with E-state index < -0.39 is 0 Å². The topological polar surface area (TPSA) is 53.1 Å². The van der Waals surface area contributed by atoms with Gasteiger partial charge in [-0.05, 0) is 19.5 Å². The molecule has 0 unspecified atom stereocenters. The van der Waals surface area contributed by atoms with Gasteiger partial charge in [-0.1, -0.05) is 20.3 Å². The number of likely N-dealkylation sites (N-methyl/N-ethyl adjacent to an activating group) is 1. The van der Waals surface area contributed by atoms with Crippen LogP contribution in [0, 0.1) is 5.41 Å². The van der Waals surface area contributed by atoms with E-state index in [1.54, 1.807) is 0 Å². The number of nitrogens with one attached hydrogen (secondary N) is 1. The molecule has 11 heavy (non-hydrogen) atoms. The highest BCUT2D eigenvalue weighted by molar-refractivity contribution is 5.78. The van der Waals surface area contributed by atoms with Gasteiger partial charge in [-0.3, -0.25) is 10.3 Å². The summed E-state index contributed by atoms with van der Waals surface area (Å²) in [5.74, 6) is 0.267. The van der Waals surface area contributed by atoms with Crippen LogP contribution < -0.4 is 5.73 Å². The molecule has 0 rings (SSSR count). The van der Waals surface area contributed by atoms with E-state index in [2.05, 4.69) is 18.7 Å². The Morgan fingerprint density at radius 3 is 2.45 bits per heavy atom. The van der Waals surface area contributed by atoms with E-state index in [0.717, 1.165) is 13.1 Å². The molecular formula is C8H19N3. The predicted octanol–water partition coefficient (Wildman–Crippen LogP) is 1.04. The predicted molar refractivity (Wildman–Crippen MR) is 48.9 cm³/mol. The van der Waals surface area contributed by atoms with Gasteiger partial charge in [0, 0.05) is 0 Å². The average molecular weight is 157 g/mol. The summed E-state index contributed by atoms with van der Waals surface area (Å²) < 4.78 is 0. The first-order valence-electron chi connectivity index (χ1n) is 4.26. The molecule has 0 radical (unpaired) electrons. The Bertz CT molecular complexity index is 112. The Hall–Kier alpha value is -0.570. The molecule has 0 aromatic rings. The third-order valence-electron chi connectivity index (χ3n) is 1.67. The van der Waals surface area contributed by atoms with Crippen LogP contribution in [0.1, 0.15) is 26.7 Å². The van der Waals surface area contributed by atoms with Gasteiger partial charge in [0.05, 0.1) is 6.54 Å². The van der Waals surface area contributed by atoms with Crippen molar-refractivity contribution in [1.29, 1.82) is 5.41 Å². The monoisotopic (exact) mass is 157 g/mol. The molecule has 0 heterocycles. The molecule has 0 atom stereocenters. The lowest BCUT2D eigenvalue weighted by Gasteiger charge is -2.18. The zero-order valence-corrected chi connectivity index (χ0v) is 7.56. The molecule has 0 saturated heterocycles. The number of amidine groups is 1. The maximum atomic E-state index is 7.10. The van der Waals surface area contributed by atoms with Gasteiger partial charge >= 0.3 is 0 Å². The van der Waals surface area contributed by atoms with Crippen LogP contribution in [0.2, 0.25) is 0 Å². The Morgan fingerprint density at radius 2 is 2.09 bits per heavy atom. The first kappa shape index (κ1) is 10.4. The van der Waals surface area contributed by atoms with Crippen LogP contribution in [0.4, 0.5) is 0 Å². The average Bonchev–Trinajstić information content (AvgIpc) is 1.97. The fourth-order valence-electron chi connectivity index (χ4n) is 0.972. The molecule has 0 bridgehead atoms. The molecule has 0 saturated carbocycles. The second kappa shape index (κ2) is 6.16. The zero-order valence-electron chi connectivity index (χ0n) is 7.56. The highest BCUT2D eigenvalue weighted by Gasteiger charge is 2.01. The number of nitrogens with two attached hydrogens (primary N) is 1. The van der Waals surface area contributed by atoms with Crippen LogP contribution in [0.25, 0.3) is 0 Å². The Kier molecular flexibility index (Phi) is 5.84. The van der Waals surface area contributed by atoms with Crippen molar-refractivity contribution in [1.82, 2.24) is 4.90 Å². The molecule has 0 aliphatic carbocycles. The highest BCUT2D eigenvalue weighted by Crippen LogP contribution is 1.93. The smallest absolute Gasteiger partial charge is 0.105 e. The molecular weight excluding hydrogens is 138 g/mol. The van der Waals surface area contributed by atoms with Crippen molar-refractivity contribution in [3.05, 3.63) is 0 Å². The minimum Gasteiger partial charge on any atom is -0.387 e. The van der Waals surface area contributed by atoms with Crippen LogP contribution in [0.5, 0.6) is 0 Å². The molecule has 3 nitrogen and oxygen atoms in total.